The molecule has 6 rings (SSSR count). The van der Waals surface area contributed by atoms with Gasteiger partial charge in [0.15, 0.2) is 17.3 Å². The Labute approximate surface area is 266 Å². The van der Waals surface area contributed by atoms with E-state index in [0.29, 0.717) is 5.75 Å². The van der Waals surface area contributed by atoms with Gasteiger partial charge in [-0.15, -0.1) is 0 Å². The molecule has 11 nitrogen and oxygen atoms in total. The third-order valence-electron chi connectivity index (χ3n) is 8.42. The van der Waals surface area contributed by atoms with E-state index in [-0.39, 0.29) is 52.9 Å². The molecule has 0 aliphatic carbocycles. The van der Waals surface area contributed by atoms with Gasteiger partial charge in [0.25, 0.3) is 17.7 Å². The second kappa shape index (κ2) is 11.8. The summed E-state index contributed by atoms with van der Waals surface area (Å²) in [7, 11) is 2.58. The maximum absolute atomic E-state index is 15.5. The van der Waals surface area contributed by atoms with Crippen LogP contribution in [0.15, 0.2) is 66.9 Å². The Morgan fingerprint density at radius 3 is 2.32 bits per heavy atom. The molecule has 0 bridgehead atoms. The number of carbonyl (C=O) groups excluding carboxylic acids is 3. The Morgan fingerprint density at radius 2 is 1.66 bits per heavy atom. The fraction of sp³-hybridized carbons (Fsp3) is 0.242. The largest absolute Gasteiger partial charge is 0.495 e. The summed E-state index contributed by atoms with van der Waals surface area (Å²) in [6, 6.07) is 13.1. The van der Waals surface area contributed by atoms with Crippen molar-refractivity contribution in [2.45, 2.75) is 24.9 Å². The van der Waals surface area contributed by atoms with E-state index in [1.54, 1.807) is 4.90 Å². The standard InChI is InChI=1S/C33H27F3N6O5/c1-18(43)40-16-26-27(17-40)42-30(25(15-38-42)39-31(44)19-4-11-28(46-2)20(12-19)14-37)32(45)41(26)23-8-5-21(6-9-23)33(35,36)22-7-10-24(34)29(13-22)47-3/h4-13,15,26-27H,16-17H2,1-3H3,(H,39,44)/t26-,27-/m0/s1. The molecule has 1 N–H and O–H groups in total. The Bertz CT molecular complexity index is 1950. The number of nitriles is 1. The number of halogens is 3. The molecule has 14 heteroatoms. The van der Waals surface area contributed by atoms with Crippen LogP contribution in [0.5, 0.6) is 11.5 Å². The van der Waals surface area contributed by atoms with E-state index in [4.69, 9.17) is 9.47 Å². The lowest BCUT2D eigenvalue weighted by Gasteiger charge is -2.37. The SMILES string of the molecule is COc1cc(C(F)(F)c2ccc(N3C(=O)c4c(NC(=O)c5ccc(OC)c(C#N)c5)cnn4[C@H]4CN(C(C)=O)C[C@@H]43)cc2)ccc1F. The molecule has 2 aliphatic rings. The van der Waals surface area contributed by atoms with Gasteiger partial charge in [-0.2, -0.15) is 19.1 Å². The van der Waals surface area contributed by atoms with Crippen molar-refractivity contribution in [2.24, 2.45) is 0 Å². The number of hydrogen-bond donors (Lipinski definition) is 1. The van der Waals surface area contributed by atoms with Crippen molar-refractivity contribution in [1.29, 1.82) is 5.26 Å². The van der Waals surface area contributed by atoms with Gasteiger partial charge in [0.2, 0.25) is 5.91 Å². The van der Waals surface area contributed by atoms with E-state index in [1.807, 2.05) is 6.07 Å². The number of alkyl halides is 2. The molecule has 47 heavy (non-hydrogen) atoms. The minimum atomic E-state index is -3.52. The Balaban J connectivity index is 1.35. The molecule has 2 atom stereocenters. The molecule has 0 unspecified atom stereocenters. The monoisotopic (exact) mass is 644 g/mol. The van der Waals surface area contributed by atoms with Crippen LogP contribution >= 0.6 is 0 Å². The van der Waals surface area contributed by atoms with Crippen molar-refractivity contribution in [3.63, 3.8) is 0 Å². The van der Waals surface area contributed by atoms with Crippen molar-refractivity contribution in [1.82, 2.24) is 14.7 Å². The second-order valence-electron chi connectivity index (χ2n) is 11.0. The van der Waals surface area contributed by atoms with Crippen LogP contribution in [0.1, 0.15) is 50.5 Å². The third-order valence-corrected chi connectivity index (χ3v) is 8.42. The molecule has 0 saturated carbocycles. The number of benzene rings is 3. The molecule has 4 aromatic rings. The van der Waals surface area contributed by atoms with Gasteiger partial charge >= 0.3 is 0 Å². The number of nitrogens with zero attached hydrogens (tertiary/aromatic N) is 5. The number of carbonyl (C=O) groups is 3. The lowest BCUT2D eigenvalue weighted by Crippen LogP contribution is -2.51. The molecule has 240 valence electrons. The number of hydrogen-bond acceptors (Lipinski definition) is 7. The molecular formula is C33H27F3N6O5. The number of aromatic nitrogens is 2. The van der Waals surface area contributed by atoms with Gasteiger partial charge in [0.05, 0.1) is 43.8 Å². The van der Waals surface area contributed by atoms with Crippen molar-refractivity contribution in [3.8, 4) is 17.6 Å². The zero-order valence-corrected chi connectivity index (χ0v) is 25.3. The number of ether oxygens (including phenoxy) is 2. The molecule has 1 fully saturated rings. The number of nitrogens with one attached hydrogen (secondary N) is 1. The second-order valence-corrected chi connectivity index (χ2v) is 11.0. The van der Waals surface area contributed by atoms with Gasteiger partial charge in [-0.1, -0.05) is 12.1 Å². The summed E-state index contributed by atoms with van der Waals surface area (Å²) in [6.45, 7) is 1.80. The van der Waals surface area contributed by atoms with E-state index in [1.165, 1.54) is 79.4 Å². The Morgan fingerprint density at radius 1 is 0.979 bits per heavy atom. The first-order valence-electron chi connectivity index (χ1n) is 14.4. The molecule has 3 heterocycles. The van der Waals surface area contributed by atoms with Crippen LogP contribution in [-0.2, 0) is 10.7 Å². The molecule has 1 saturated heterocycles. The third kappa shape index (κ3) is 5.29. The first kappa shape index (κ1) is 31.2. The van der Waals surface area contributed by atoms with Crippen molar-refractivity contribution >= 4 is 29.1 Å². The number of anilines is 2. The van der Waals surface area contributed by atoms with Crippen molar-refractivity contribution in [2.75, 3.05) is 37.5 Å². The highest BCUT2D eigenvalue weighted by Crippen LogP contribution is 2.41. The predicted molar refractivity (Wildman–Crippen MR) is 162 cm³/mol. The van der Waals surface area contributed by atoms with Gasteiger partial charge < -0.3 is 19.7 Å². The van der Waals surface area contributed by atoms with Crippen LogP contribution < -0.4 is 19.7 Å². The van der Waals surface area contributed by atoms with Crippen LogP contribution in [0.2, 0.25) is 0 Å². The number of rotatable bonds is 7. The molecule has 3 aromatic carbocycles. The summed E-state index contributed by atoms with van der Waals surface area (Å²) < 4.78 is 56.4. The molecule has 0 spiro atoms. The van der Waals surface area contributed by atoms with Gasteiger partial charge in [0.1, 0.15) is 11.8 Å². The molecular weight excluding hydrogens is 617 g/mol. The molecule has 2 aliphatic heterocycles. The smallest absolute Gasteiger partial charge is 0.298 e. The minimum Gasteiger partial charge on any atom is -0.495 e. The lowest BCUT2D eigenvalue weighted by molar-refractivity contribution is -0.127. The summed E-state index contributed by atoms with van der Waals surface area (Å²) >= 11 is 0. The summed E-state index contributed by atoms with van der Waals surface area (Å²) in [5, 5.41) is 16.5. The lowest BCUT2D eigenvalue weighted by atomic mass is 9.98. The van der Waals surface area contributed by atoms with E-state index < -0.39 is 46.8 Å². The number of fused-ring (bicyclic) bond motifs is 3. The average Bonchev–Trinajstić information content (AvgIpc) is 3.70. The maximum atomic E-state index is 15.5. The maximum Gasteiger partial charge on any atom is 0.298 e. The normalized spacial score (nSPS) is 17.1. The molecule has 1 aromatic heterocycles. The highest BCUT2D eigenvalue weighted by atomic mass is 19.3. The average molecular weight is 645 g/mol. The number of likely N-dealkylation sites (tertiary alicyclic amines) is 1. The quantitative estimate of drug-likeness (QED) is 0.308. The van der Waals surface area contributed by atoms with Gasteiger partial charge in [-0.25, -0.2) is 4.39 Å². The molecule has 3 amide bonds. The van der Waals surface area contributed by atoms with Crippen molar-refractivity contribution in [3.05, 3.63) is 101 Å². The van der Waals surface area contributed by atoms with E-state index in [0.717, 1.165) is 18.2 Å². The highest BCUT2D eigenvalue weighted by Gasteiger charge is 2.48. The highest BCUT2D eigenvalue weighted by molar-refractivity contribution is 6.13. The Hall–Kier alpha value is -5.84. The fourth-order valence-electron chi connectivity index (χ4n) is 6.00. The fourth-order valence-corrected chi connectivity index (χ4v) is 6.00. The van der Waals surface area contributed by atoms with Crippen LogP contribution in [0, 0.1) is 17.1 Å². The first-order chi connectivity index (χ1) is 22.5. The predicted octanol–water partition coefficient (Wildman–Crippen LogP) is 4.74. The van der Waals surface area contributed by atoms with Crippen LogP contribution in [-0.4, -0.2) is 65.8 Å². The zero-order chi connectivity index (χ0) is 33.6. The van der Waals surface area contributed by atoms with E-state index in [2.05, 4.69) is 10.4 Å². The van der Waals surface area contributed by atoms with Crippen molar-refractivity contribution < 1.29 is 37.0 Å². The number of amides is 3. The molecule has 0 radical (unpaired) electrons. The van der Waals surface area contributed by atoms with E-state index >= 15 is 8.78 Å². The van der Waals surface area contributed by atoms with Gasteiger partial charge in [-0.3, -0.25) is 24.0 Å². The van der Waals surface area contributed by atoms with Gasteiger partial charge in [-0.05, 0) is 48.5 Å². The van der Waals surface area contributed by atoms with Crippen LogP contribution in [0.25, 0.3) is 0 Å². The van der Waals surface area contributed by atoms with Crippen LogP contribution in [0.3, 0.4) is 0 Å². The summed E-state index contributed by atoms with van der Waals surface area (Å²) in [5.41, 5.74) is -0.190. The Kier molecular flexibility index (Phi) is 7.84. The first-order valence-corrected chi connectivity index (χ1v) is 14.4. The van der Waals surface area contributed by atoms with Crippen LogP contribution in [0.4, 0.5) is 24.5 Å². The topological polar surface area (TPSA) is 130 Å². The summed E-state index contributed by atoms with van der Waals surface area (Å²) in [6.07, 6.45) is 1.33. The number of methoxy groups -OCH3 is 2. The van der Waals surface area contributed by atoms with E-state index in [9.17, 15) is 24.0 Å². The van der Waals surface area contributed by atoms with Gasteiger partial charge in [0, 0.05) is 42.4 Å². The summed E-state index contributed by atoms with van der Waals surface area (Å²) in [5.74, 6) is -5.72. The minimum absolute atomic E-state index is 0.0341. The summed E-state index contributed by atoms with van der Waals surface area (Å²) in [4.78, 5) is 42.8. The zero-order valence-electron chi connectivity index (χ0n) is 25.3.